The van der Waals surface area contributed by atoms with Crippen molar-refractivity contribution in [3.8, 4) is 0 Å². The Balaban J connectivity index is 1.54. The molecule has 2 atom stereocenters. The Morgan fingerprint density at radius 1 is 1.17 bits per heavy atom. The number of hydrogen-bond donors (Lipinski definition) is 2. The zero-order valence-electron chi connectivity index (χ0n) is 18.1. The first-order valence-corrected chi connectivity index (χ1v) is 11.0. The lowest BCUT2D eigenvalue weighted by Gasteiger charge is -2.36. The Kier molecular flexibility index (Phi) is 8.34. The van der Waals surface area contributed by atoms with Crippen LogP contribution in [0.2, 0.25) is 5.02 Å². The van der Waals surface area contributed by atoms with Crippen molar-refractivity contribution < 1.29 is 4.74 Å². The third-order valence-corrected chi connectivity index (χ3v) is 5.33. The molecule has 0 amide bonds. The molecule has 1 aliphatic rings. The van der Waals surface area contributed by atoms with Crippen LogP contribution in [0.25, 0.3) is 0 Å². The lowest BCUT2D eigenvalue weighted by atomic mass is 10.1. The number of nitrogens with zero attached hydrogens (tertiary/aromatic N) is 3. The first-order valence-electron chi connectivity index (χ1n) is 10.7. The molecule has 6 nitrogen and oxygen atoms in total. The number of pyridine rings is 1. The van der Waals surface area contributed by atoms with Gasteiger partial charge in [0.15, 0.2) is 5.96 Å². The zero-order valence-corrected chi connectivity index (χ0v) is 18.8. The zero-order chi connectivity index (χ0) is 21.3. The second-order valence-corrected chi connectivity index (χ2v) is 8.06. The number of aromatic nitrogens is 1. The third kappa shape index (κ3) is 6.61. The minimum Gasteiger partial charge on any atom is -0.372 e. The molecule has 2 N–H and O–H groups in total. The van der Waals surface area contributed by atoms with Gasteiger partial charge in [0.2, 0.25) is 0 Å². The quantitative estimate of drug-likeness (QED) is 0.519. The summed E-state index contributed by atoms with van der Waals surface area (Å²) >= 11 is 6.24. The van der Waals surface area contributed by atoms with Gasteiger partial charge in [-0.15, -0.1) is 0 Å². The number of halogens is 1. The summed E-state index contributed by atoms with van der Waals surface area (Å²) in [4.78, 5) is 11.6. The maximum absolute atomic E-state index is 6.24. The highest BCUT2D eigenvalue weighted by atomic mass is 35.5. The summed E-state index contributed by atoms with van der Waals surface area (Å²) in [6, 6.07) is 12.1. The van der Waals surface area contributed by atoms with Gasteiger partial charge in [0.1, 0.15) is 5.82 Å². The van der Waals surface area contributed by atoms with Crippen molar-refractivity contribution in [2.24, 2.45) is 4.99 Å². The van der Waals surface area contributed by atoms with Crippen molar-refractivity contribution in [3.63, 3.8) is 0 Å². The summed E-state index contributed by atoms with van der Waals surface area (Å²) in [6.07, 6.45) is 3.20. The Labute approximate surface area is 184 Å². The van der Waals surface area contributed by atoms with Gasteiger partial charge in [-0.1, -0.05) is 35.9 Å². The fraction of sp³-hybridized carbons (Fsp3) is 0.478. The molecule has 1 saturated heterocycles. The topological polar surface area (TPSA) is 61.8 Å². The SMILES string of the molecule is CCNC(=NCc1ccc(N2CC(C)OC(C)C2)nc1)NCCc1ccccc1Cl. The molecule has 30 heavy (non-hydrogen) atoms. The van der Waals surface area contributed by atoms with Gasteiger partial charge in [0, 0.05) is 37.4 Å². The normalized spacial score (nSPS) is 19.6. The van der Waals surface area contributed by atoms with Crippen molar-refractivity contribution in [1.29, 1.82) is 0 Å². The third-order valence-electron chi connectivity index (χ3n) is 4.96. The molecule has 1 aromatic carbocycles. The lowest BCUT2D eigenvalue weighted by Crippen LogP contribution is -2.45. The molecule has 0 bridgehead atoms. The van der Waals surface area contributed by atoms with E-state index in [1.165, 1.54) is 0 Å². The molecule has 1 aliphatic heterocycles. The molecule has 2 unspecified atom stereocenters. The van der Waals surface area contributed by atoms with E-state index in [1.807, 2.05) is 24.4 Å². The van der Waals surface area contributed by atoms with Gasteiger partial charge < -0.3 is 20.3 Å². The highest BCUT2D eigenvalue weighted by molar-refractivity contribution is 6.31. The number of morpholine rings is 1. The van der Waals surface area contributed by atoms with Crippen LogP contribution in [0.4, 0.5) is 5.82 Å². The lowest BCUT2D eigenvalue weighted by molar-refractivity contribution is -0.00545. The predicted molar refractivity (Wildman–Crippen MR) is 124 cm³/mol. The molecule has 0 radical (unpaired) electrons. The van der Waals surface area contributed by atoms with E-state index in [0.717, 1.165) is 60.5 Å². The maximum Gasteiger partial charge on any atom is 0.191 e. The van der Waals surface area contributed by atoms with E-state index in [0.29, 0.717) is 6.54 Å². The number of benzene rings is 1. The van der Waals surface area contributed by atoms with Gasteiger partial charge in [-0.3, -0.25) is 0 Å². The summed E-state index contributed by atoms with van der Waals surface area (Å²) < 4.78 is 5.81. The summed E-state index contributed by atoms with van der Waals surface area (Å²) in [5.41, 5.74) is 2.21. The fourth-order valence-electron chi connectivity index (χ4n) is 3.59. The molecule has 0 spiro atoms. The second kappa shape index (κ2) is 11.2. The average Bonchev–Trinajstić information content (AvgIpc) is 2.73. The van der Waals surface area contributed by atoms with Gasteiger partial charge in [-0.25, -0.2) is 9.98 Å². The van der Waals surface area contributed by atoms with E-state index >= 15 is 0 Å². The van der Waals surface area contributed by atoms with Gasteiger partial charge in [-0.05, 0) is 50.5 Å². The number of hydrogen-bond acceptors (Lipinski definition) is 4. The molecule has 1 fully saturated rings. The Morgan fingerprint density at radius 3 is 2.60 bits per heavy atom. The number of nitrogens with one attached hydrogen (secondary N) is 2. The monoisotopic (exact) mass is 429 g/mol. The van der Waals surface area contributed by atoms with Crippen LogP contribution in [0.5, 0.6) is 0 Å². The van der Waals surface area contributed by atoms with Crippen molar-refractivity contribution in [2.45, 2.75) is 45.9 Å². The molecular weight excluding hydrogens is 398 g/mol. The molecule has 0 aliphatic carbocycles. The van der Waals surface area contributed by atoms with Crippen molar-refractivity contribution in [1.82, 2.24) is 15.6 Å². The van der Waals surface area contributed by atoms with Crippen LogP contribution in [0.1, 0.15) is 31.9 Å². The minimum atomic E-state index is 0.222. The van der Waals surface area contributed by atoms with Gasteiger partial charge in [0.25, 0.3) is 0 Å². The first-order chi connectivity index (χ1) is 14.5. The van der Waals surface area contributed by atoms with E-state index in [1.54, 1.807) is 0 Å². The highest BCUT2D eigenvalue weighted by Crippen LogP contribution is 2.18. The number of aliphatic imine (C=N–C) groups is 1. The number of anilines is 1. The number of rotatable bonds is 7. The van der Waals surface area contributed by atoms with E-state index in [2.05, 4.69) is 59.5 Å². The van der Waals surface area contributed by atoms with Crippen LogP contribution in [0.15, 0.2) is 47.6 Å². The molecule has 2 heterocycles. The highest BCUT2D eigenvalue weighted by Gasteiger charge is 2.22. The van der Waals surface area contributed by atoms with Crippen LogP contribution >= 0.6 is 11.6 Å². The largest absolute Gasteiger partial charge is 0.372 e. The van der Waals surface area contributed by atoms with E-state index in [9.17, 15) is 0 Å². The van der Waals surface area contributed by atoms with E-state index in [-0.39, 0.29) is 12.2 Å². The minimum absolute atomic E-state index is 0.222. The summed E-state index contributed by atoms with van der Waals surface area (Å²) in [6.45, 7) is 10.2. The van der Waals surface area contributed by atoms with E-state index in [4.69, 9.17) is 21.3 Å². The molecule has 2 aromatic rings. The Hall–Kier alpha value is -2.31. The van der Waals surface area contributed by atoms with Crippen molar-refractivity contribution >= 4 is 23.4 Å². The van der Waals surface area contributed by atoms with Crippen molar-refractivity contribution in [3.05, 3.63) is 58.7 Å². The fourth-order valence-corrected chi connectivity index (χ4v) is 3.82. The molecular formula is C23H32ClN5O. The number of ether oxygens (including phenoxy) is 1. The van der Waals surface area contributed by atoms with Gasteiger partial charge >= 0.3 is 0 Å². The predicted octanol–water partition coefficient (Wildman–Crippen LogP) is 3.65. The standard InChI is InChI=1S/C23H32ClN5O/c1-4-25-23(26-12-11-20-7-5-6-8-21(20)24)28-14-19-9-10-22(27-13-19)29-15-17(2)30-18(3)16-29/h5-10,13,17-18H,4,11-12,14-16H2,1-3H3,(H2,25,26,28). The summed E-state index contributed by atoms with van der Waals surface area (Å²) in [7, 11) is 0. The van der Waals surface area contributed by atoms with Crippen LogP contribution in [0.3, 0.4) is 0 Å². The second-order valence-electron chi connectivity index (χ2n) is 7.65. The molecule has 7 heteroatoms. The van der Waals surface area contributed by atoms with Crippen molar-refractivity contribution in [2.75, 3.05) is 31.1 Å². The maximum atomic E-state index is 6.24. The van der Waals surface area contributed by atoms with Crippen LogP contribution in [0, 0.1) is 0 Å². The number of guanidine groups is 1. The van der Waals surface area contributed by atoms with Gasteiger partial charge in [0.05, 0.1) is 18.8 Å². The first kappa shape index (κ1) is 22.4. The van der Waals surface area contributed by atoms with Crippen LogP contribution in [-0.4, -0.2) is 49.3 Å². The molecule has 3 rings (SSSR count). The average molecular weight is 430 g/mol. The molecule has 1 aromatic heterocycles. The van der Waals surface area contributed by atoms with Crippen LogP contribution in [-0.2, 0) is 17.7 Å². The Bertz CT molecular complexity index is 817. The Morgan fingerprint density at radius 2 is 1.93 bits per heavy atom. The van der Waals surface area contributed by atoms with E-state index < -0.39 is 0 Å². The summed E-state index contributed by atoms with van der Waals surface area (Å²) in [5, 5.41) is 7.47. The molecule has 162 valence electrons. The smallest absolute Gasteiger partial charge is 0.191 e. The van der Waals surface area contributed by atoms with Crippen LogP contribution < -0.4 is 15.5 Å². The van der Waals surface area contributed by atoms with Gasteiger partial charge in [-0.2, -0.15) is 0 Å². The molecule has 0 saturated carbocycles. The summed E-state index contributed by atoms with van der Waals surface area (Å²) in [5.74, 6) is 1.79.